The van der Waals surface area contributed by atoms with Crippen LogP contribution < -0.4 is 0 Å². The maximum Gasteiger partial charge on any atom is 0.0669 e. The smallest absolute Gasteiger partial charge is 0.0669 e. The van der Waals surface area contributed by atoms with Crippen LogP contribution in [0, 0.1) is 5.92 Å². The first kappa shape index (κ1) is 13.9. The minimum absolute atomic E-state index is 0.603. The Balaban J connectivity index is 2.34. The Kier molecular flexibility index (Phi) is 4.71. The Morgan fingerprint density at radius 3 is 2.61 bits per heavy atom. The Bertz CT molecular complexity index is 397. The van der Waals surface area contributed by atoms with Gasteiger partial charge in [-0.2, -0.15) is 5.10 Å². The summed E-state index contributed by atoms with van der Waals surface area (Å²) in [6.07, 6.45) is 7.31. The van der Waals surface area contributed by atoms with E-state index in [0.717, 1.165) is 18.8 Å². The van der Waals surface area contributed by atoms with Gasteiger partial charge >= 0.3 is 0 Å². The van der Waals surface area contributed by atoms with Crippen LogP contribution in [0.2, 0.25) is 0 Å². The number of rotatable bonds is 4. The number of hydrogen-bond acceptors (Lipinski definition) is 1. The van der Waals surface area contributed by atoms with Gasteiger partial charge in [0.05, 0.1) is 17.6 Å². The number of aromatic nitrogens is 2. The second-order valence-corrected chi connectivity index (χ2v) is 5.85. The lowest BCUT2D eigenvalue weighted by atomic mass is 9.87. The summed E-state index contributed by atoms with van der Waals surface area (Å²) >= 11 is 6.12. The van der Waals surface area contributed by atoms with E-state index in [0.29, 0.717) is 11.9 Å². The topological polar surface area (TPSA) is 17.8 Å². The Morgan fingerprint density at radius 2 is 2.06 bits per heavy atom. The van der Waals surface area contributed by atoms with Crippen LogP contribution in [0.4, 0.5) is 0 Å². The first-order valence-electron chi connectivity index (χ1n) is 7.36. The number of aryl methyl sites for hydroxylation is 1. The van der Waals surface area contributed by atoms with Gasteiger partial charge in [-0.15, -0.1) is 11.6 Å². The zero-order valence-electron chi connectivity index (χ0n) is 11.9. The van der Waals surface area contributed by atoms with Crippen molar-refractivity contribution in [1.82, 2.24) is 9.78 Å². The van der Waals surface area contributed by atoms with Gasteiger partial charge in [0.1, 0.15) is 0 Å². The van der Waals surface area contributed by atoms with E-state index in [4.69, 9.17) is 16.7 Å². The molecule has 0 bridgehead atoms. The fraction of sp³-hybridized carbons (Fsp3) is 0.800. The van der Waals surface area contributed by atoms with Crippen LogP contribution in [0.3, 0.4) is 0 Å². The monoisotopic (exact) mass is 268 g/mol. The highest BCUT2D eigenvalue weighted by Crippen LogP contribution is 2.34. The van der Waals surface area contributed by atoms with Crippen LogP contribution in [0.1, 0.15) is 69.4 Å². The minimum atomic E-state index is 0.603. The summed E-state index contributed by atoms with van der Waals surface area (Å²) in [5, 5.41) is 4.86. The van der Waals surface area contributed by atoms with Crippen molar-refractivity contribution in [3.63, 3.8) is 0 Å². The molecule has 1 saturated carbocycles. The third-order valence-electron chi connectivity index (χ3n) is 4.26. The quantitative estimate of drug-likeness (QED) is 0.736. The summed E-state index contributed by atoms with van der Waals surface area (Å²) in [6.45, 7) is 6.76. The van der Waals surface area contributed by atoms with Gasteiger partial charge in [0, 0.05) is 11.3 Å². The molecular formula is C15H25ClN2. The number of nitrogens with zero attached hydrogens (tertiary/aromatic N) is 2. The molecule has 2 unspecified atom stereocenters. The molecule has 102 valence electrons. The van der Waals surface area contributed by atoms with Crippen LogP contribution in [0.25, 0.3) is 0 Å². The normalized spacial score (nSPS) is 24.4. The molecule has 0 aliphatic heterocycles. The molecule has 0 amide bonds. The number of hydrogen-bond donors (Lipinski definition) is 0. The molecule has 1 fully saturated rings. The van der Waals surface area contributed by atoms with E-state index in [1.807, 2.05) is 0 Å². The molecule has 1 heterocycles. The second-order valence-electron chi connectivity index (χ2n) is 5.58. The van der Waals surface area contributed by atoms with Gasteiger partial charge in [0.25, 0.3) is 0 Å². The summed E-state index contributed by atoms with van der Waals surface area (Å²) in [5.41, 5.74) is 3.88. The summed E-state index contributed by atoms with van der Waals surface area (Å²) in [4.78, 5) is 0. The summed E-state index contributed by atoms with van der Waals surface area (Å²) in [7, 11) is 0. The van der Waals surface area contributed by atoms with Gasteiger partial charge in [0.15, 0.2) is 0 Å². The molecule has 1 aromatic heterocycles. The van der Waals surface area contributed by atoms with E-state index in [1.165, 1.54) is 42.6 Å². The lowest BCUT2D eigenvalue weighted by Crippen LogP contribution is -2.20. The summed E-state index contributed by atoms with van der Waals surface area (Å²) in [6, 6.07) is 0.603. The molecule has 3 heteroatoms. The third kappa shape index (κ3) is 2.59. The van der Waals surface area contributed by atoms with Crippen molar-refractivity contribution in [1.29, 1.82) is 0 Å². The molecule has 1 aromatic rings. The van der Waals surface area contributed by atoms with E-state index in [9.17, 15) is 0 Å². The molecular weight excluding hydrogens is 244 g/mol. The van der Waals surface area contributed by atoms with Crippen LogP contribution in [-0.2, 0) is 18.7 Å². The van der Waals surface area contributed by atoms with Crippen LogP contribution >= 0.6 is 11.6 Å². The van der Waals surface area contributed by atoms with Crippen molar-refractivity contribution in [3.05, 3.63) is 17.0 Å². The molecule has 2 nitrogen and oxygen atoms in total. The minimum Gasteiger partial charge on any atom is -0.266 e. The van der Waals surface area contributed by atoms with Crippen molar-refractivity contribution < 1.29 is 0 Å². The van der Waals surface area contributed by atoms with Crippen molar-refractivity contribution >= 4 is 11.6 Å². The molecule has 0 aromatic carbocycles. The Hall–Kier alpha value is -0.500. The van der Waals surface area contributed by atoms with Gasteiger partial charge in [-0.25, -0.2) is 0 Å². The van der Waals surface area contributed by atoms with E-state index < -0.39 is 0 Å². The van der Waals surface area contributed by atoms with Crippen LogP contribution in [0.15, 0.2) is 0 Å². The second kappa shape index (κ2) is 6.10. The van der Waals surface area contributed by atoms with E-state index in [1.54, 1.807) is 0 Å². The fourth-order valence-electron chi connectivity index (χ4n) is 3.30. The predicted octanol–water partition coefficient (Wildman–Crippen LogP) is 4.50. The van der Waals surface area contributed by atoms with Gasteiger partial charge in [0.2, 0.25) is 0 Å². The first-order chi connectivity index (χ1) is 8.71. The van der Waals surface area contributed by atoms with Crippen LogP contribution in [-0.4, -0.2) is 9.78 Å². The largest absolute Gasteiger partial charge is 0.266 e. The van der Waals surface area contributed by atoms with Gasteiger partial charge in [-0.05, 0) is 31.6 Å². The number of alkyl halides is 1. The summed E-state index contributed by atoms with van der Waals surface area (Å²) in [5.74, 6) is 1.44. The van der Waals surface area contributed by atoms with Crippen LogP contribution in [0.5, 0.6) is 0 Å². The highest BCUT2D eigenvalue weighted by atomic mass is 35.5. The van der Waals surface area contributed by atoms with Crippen molar-refractivity contribution in [2.75, 3.05) is 0 Å². The molecule has 0 saturated heterocycles. The molecule has 1 aliphatic carbocycles. The molecule has 2 rings (SSSR count). The average molecular weight is 269 g/mol. The van der Waals surface area contributed by atoms with E-state index >= 15 is 0 Å². The average Bonchev–Trinajstić information content (AvgIpc) is 2.76. The molecule has 0 spiro atoms. The zero-order chi connectivity index (χ0) is 13.1. The molecule has 0 N–H and O–H groups in total. The van der Waals surface area contributed by atoms with Crippen molar-refractivity contribution in [2.45, 2.75) is 71.2 Å². The van der Waals surface area contributed by atoms with Crippen molar-refractivity contribution in [3.8, 4) is 0 Å². The van der Waals surface area contributed by atoms with Gasteiger partial charge in [-0.1, -0.05) is 33.6 Å². The third-order valence-corrected chi connectivity index (χ3v) is 4.53. The zero-order valence-corrected chi connectivity index (χ0v) is 12.6. The highest BCUT2D eigenvalue weighted by molar-refractivity contribution is 6.17. The van der Waals surface area contributed by atoms with E-state index in [-0.39, 0.29) is 0 Å². The highest BCUT2D eigenvalue weighted by Gasteiger charge is 2.25. The maximum atomic E-state index is 6.12. The Labute approximate surface area is 116 Å². The first-order valence-corrected chi connectivity index (χ1v) is 7.89. The van der Waals surface area contributed by atoms with E-state index in [2.05, 4.69) is 25.5 Å². The molecule has 2 atom stereocenters. The summed E-state index contributed by atoms with van der Waals surface area (Å²) < 4.78 is 2.31. The SMILES string of the molecule is CCc1nn(C2CCCC(C)C2)c(CC)c1CCl. The maximum absolute atomic E-state index is 6.12. The molecule has 1 aliphatic rings. The lowest BCUT2D eigenvalue weighted by Gasteiger charge is -2.28. The molecule has 0 radical (unpaired) electrons. The standard InChI is InChI=1S/C15H25ClN2/c1-4-14-13(10-16)15(5-2)18(17-14)12-8-6-7-11(3)9-12/h11-12H,4-10H2,1-3H3. The fourth-order valence-corrected chi connectivity index (χ4v) is 3.60. The molecule has 18 heavy (non-hydrogen) atoms. The lowest BCUT2D eigenvalue weighted by molar-refractivity contribution is 0.261. The predicted molar refractivity (Wildman–Crippen MR) is 77.2 cm³/mol. The number of halogens is 1. The van der Waals surface area contributed by atoms with Gasteiger partial charge in [-0.3, -0.25) is 4.68 Å². The Morgan fingerprint density at radius 1 is 1.28 bits per heavy atom. The van der Waals surface area contributed by atoms with Crippen molar-refractivity contribution in [2.24, 2.45) is 5.92 Å². The van der Waals surface area contributed by atoms with Gasteiger partial charge < -0.3 is 0 Å².